The van der Waals surface area contributed by atoms with Gasteiger partial charge in [0.25, 0.3) is 0 Å². The minimum absolute atomic E-state index is 0. The maximum Gasteiger partial charge on any atom is 3.00 e. The summed E-state index contributed by atoms with van der Waals surface area (Å²) in [5, 5.41) is 9.99. The van der Waals surface area contributed by atoms with Gasteiger partial charge >= 0.3 is 21.7 Å². The number of likely N-dealkylation sites (N-methyl/N-ethyl adjacent to an activating group) is 1. The minimum Gasteiger partial charge on any atom is -1.00 e. The first-order valence-electron chi connectivity index (χ1n) is 9.91. The van der Waals surface area contributed by atoms with Crippen molar-refractivity contribution in [3.8, 4) is 0 Å². The third kappa shape index (κ3) is 9.46. The predicted molar refractivity (Wildman–Crippen MR) is 121 cm³/mol. The van der Waals surface area contributed by atoms with Gasteiger partial charge in [-0.2, -0.15) is 35.9 Å². The van der Waals surface area contributed by atoms with Gasteiger partial charge < -0.3 is 34.8 Å². The Balaban J connectivity index is 0.000000550. The Labute approximate surface area is 219 Å². The number of hydrogen-bond acceptors (Lipinski definition) is 2. The molecule has 0 saturated heterocycles. The van der Waals surface area contributed by atoms with Crippen LogP contribution in [0.1, 0.15) is 28.7 Å². The number of allylic oxidation sites excluding steroid dienone is 2. The van der Waals surface area contributed by atoms with Crippen molar-refractivity contribution in [2.45, 2.75) is 12.0 Å². The molecule has 0 aromatic heterocycles. The summed E-state index contributed by atoms with van der Waals surface area (Å²) in [5.41, 5.74) is 4.50. The molecule has 4 rings (SSSR count). The van der Waals surface area contributed by atoms with Crippen molar-refractivity contribution >= 4 is 0 Å². The maximum absolute atomic E-state index is 9.99. The molecule has 0 spiro atoms. The summed E-state index contributed by atoms with van der Waals surface area (Å²) in [6.07, 6.45) is 6.25. The van der Waals surface area contributed by atoms with Crippen LogP contribution in [0.25, 0.3) is 0 Å². The molecule has 1 unspecified atom stereocenters. The van der Waals surface area contributed by atoms with Crippen LogP contribution in [0.3, 0.4) is 0 Å². The fraction of sp³-hybridized carbons (Fsp3) is 0.185. The summed E-state index contributed by atoms with van der Waals surface area (Å²) in [4.78, 5) is 2.19. The second-order valence-corrected chi connectivity index (χ2v) is 7.41. The van der Waals surface area contributed by atoms with Gasteiger partial charge in [0.1, 0.15) is 6.10 Å². The molecule has 1 N–H and O–H groups in total. The molecule has 0 saturated carbocycles. The summed E-state index contributed by atoms with van der Waals surface area (Å²) >= 11 is 0. The Morgan fingerprint density at radius 1 is 0.844 bits per heavy atom. The fourth-order valence-electron chi connectivity index (χ4n) is 3.31. The van der Waals surface area contributed by atoms with Gasteiger partial charge in [-0.25, -0.2) is 0 Å². The molecule has 3 aromatic rings. The van der Waals surface area contributed by atoms with Gasteiger partial charge in [0.15, 0.2) is 0 Å². The topological polar surface area (TPSA) is 23.5 Å². The molecule has 32 heavy (non-hydrogen) atoms. The molecule has 2 nitrogen and oxygen atoms in total. The molecule has 0 heterocycles. The van der Waals surface area contributed by atoms with Crippen LogP contribution < -0.4 is 24.8 Å². The first-order chi connectivity index (χ1) is 14.1. The summed E-state index contributed by atoms with van der Waals surface area (Å²) in [5.74, 6) is 0.418. The normalized spacial score (nSPS) is 13.8. The van der Waals surface area contributed by atoms with Crippen molar-refractivity contribution in [1.29, 1.82) is 0 Å². The smallest absolute Gasteiger partial charge is 1.00 e. The first kappa shape index (κ1) is 30.4. The standard InChI is InChI=1S/C14H16N.C13H12O.2ClH.Ti/c1-15(2)11-12-8-9-14(10-12)13-6-4-3-5-7-13;14-13(11-7-3-1-4-8-11)12-9-5-2-6-10-12;;;/h3-6,8-10,14H,11H2,1-2H3;1-10,13-14H;2*1H;/q-1;;;;+3/p-2. The average molecular weight is 501 g/mol. The molecule has 5 heteroatoms. The van der Waals surface area contributed by atoms with Crippen LogP contribution in [-0.2, 0) is 21.7 Å². The van der Waals surface area contributed by atoms with Gasteiger partial charge in [0.2, 0.25) is 0 Å². The van der Waals surface area contributed by atoms with Crippen LogP contribution in [0.15, 0.2) is 109 Å². The molecule has 165 valence electrons. The molecular formula is C27H28Cl2NOTi. The van der Waals surface area contributed by atoms with E-state index in [1.54, 1.807) is 0 Å². The molecule has 0 amide bonds. The zero-order valence-corrected chi connectivity index (χ0v) is 21.4. The second kappa shape index (κ2) is 16.0. The third-order valence-electron chi connectivity index (χ3n) is 4.73. The number of benzene rings is 3. The van der Waals surface area contributed by atoms with E-state index in [0.29, 0.717) is 5.92 Å². The van der Waals surface area contributed by atoms with E-state index in [1.807, 2.05) is 72.8 Å². The van der Waals surface area contributed by atoms with Crippen molar-refractivity contribution in [2.24, 2.45) is 0 Å². The Morgan fingerprint density at radius 3 is 1.84 bits per heavy atom. The average Bonchev–Trinajstić information content (AvgIpc) is 3.23. The molecule has 0 fully saturated rings. The van der Waals surface area contributed by atoms with Crippen molar-refractivity contribution in [3.63, 3.8) is 0 Å². The molecule has 1 radical (unpaired) electrons. The summed E-state index contributed by atoms with van der Waals surface area (Å²) in [6, 6.07) is 30.8. The molecular weight excluding hydrogens is 473 g/mol. The zero-order chi connectivity index (χ0) is 20.5. The van der Waals surface area contributed by atoms with E-state index in [-0.39, 0.29) is 46.5 Å². The Hall–Kier alpha value is -1.65. The number of aliphatic hydroxyl groups is 1. The van der Waals surface area contributed by atoms with Gasteiger partial charge in [-0.15, -0.1) is 0 Å². The number of halogens is 2. The van der Waals surface area contributed by atoms with E-state index in [0.717, 1.165) is 17.7 Å². The maximum atomic E-state index is 9.99. The van der Waals surface area contributed by atoms with E-state index in [1.165, 1.54) is 11.1 Å². The molecule has 1 atom stereocenters. The van der Waals surface area contributed by atoms with Crippen molar-refractivity contribution < 1.29 is 51.6 Å². The van der Waals surface area contributed by atoms with E-state index in [4.69, 9.17) is 0 Å². The molecule has 1 aliphatic carbocycles. The number of nitrogens with zero attached hydrogens (tertiary/aromatic N) is 1. The second-order valence-electron chi connectivity index (χ2n) is 7.41. The van der Waals surface area contributed by atoms with Crippen molar-refractivity contribution in [1.82, 2.24) is 4.90 Å². The Bertz CT molecular complexity index is 892. The zero-order valence-electron chi connectivity index (χ0n) is 18.3. The number of hydrogen-bond donors (Lipinski definition) is 1. The summed E-state index contributed by atoms with van der Waals surface area (Å²) in [6.45, 7) is 1.01. The predicted octanol–water partition coefficient (Wildman–Crippen LogP) is -0.598. The van der Waals surface area contributed by atoms with E-state index >= 15 is 0 Å². The van der Waals surface area contributed by atoms with Crippen LogP contribution in [0.2, 0.25) is 0 Å². The van der Waals surface area contributed by atoms with Crippen LogP contribution in [-0.4, -0.2) is 30.6 Å². The Kier molecular flexibility index (Phi) is 15.2. The van der Waals surface area contributed by atoms with Gasteiger partial charge in [-0.3, -0.25) is 0 Å². The molecule has 3 aromatic carbocycles. The van der Waals surface area contributed by atoms with E-state index < -0.39 is 6.10 Å². The van der Waals surface area contributed by atoms with Crippen LogP contribution in [0.4, 0.5) is 0 Å². The molecule has 0 bridgehead atoms. The number of rotatable bonds is 5. The van der Waals surface area contributed by atoms with Gasteiger partial charge in [0.05, 0.1) is 0 Å². The monoisotopic (exact) mass is 500 g/mol. The van der Waals surface area contributed by atoms with E-state index in [9.17, 15) is 5.11 Å². The third-order valence-corrected chi connectivity index (χ3v) is 4.73. The van der Waals surface area contributed by atoms with E-state index in [2.05, 4.69) is 55.4 Å². The molecule has 1 aliphatic rings. The van der Waals surface area contributed by atoms with Crippen molar-refractivity contribution in [3.05, 3.63) is 131 Å². The SMILES string of the molecule is CN(C)CC1=CC(c2[c-]cccc2)C=C1.OC(c1ccccc1)c1ccccc1.[Cl-].[Cl-].[Ti+3]. The van der Waals surface area contributed by atoms with Gasteiger partial charge in [-0.1, -0.05) is 78.9 Å². The van der Waals surface area contributed by atoms with Gasteiger partial charge in [0, 0.05) is 6.54 Å². The first-order valence-corrected chi connectivity index (χ1v) is 9.91. The van der Waals surface area contributed by atoms with Crippen LogP contribution in [0.5, 0.6) is 0 Å². The largest absolute Gasteiger partial charge is 3.00 e. The Morgan fingerprint density at radius 2 is 1.38 bits per heavy atom. The quantitative estimate of drug-likeness (QED) is 0.373. The fourth-order valence-corrected chi connectivity index (χ4v) is 3.31. The summed E-state index contributed by atoms with van der Waals surface area (Å²) < 4.78 is 0. The minimum atomic E-state index is -0.516. The van der Waals surface area contributed by atoms with Crippen LogP contribution >= 0.6 is 0 Å². The summed E-state index contributed by atoms with van der Waals surface area (Å²) in [7, 11) is 4.19. The van der Waals surface area contributed by atoms with Gasteiger partial charge in [-0.05, 0) is 36.7 Å². The molecule has 0 aliphatic heterocycles. The van der Waals surface area contributed by atoms with Crippen LogP contribution in [0, 0.1) is 6.07 Å². The number of aliphatic hydroxyl groups excluding tert-OH is 1. The van der Waals surface area contributed by atoms with Crippen molar-refractivity contribution in [2.75, 3.05) is 20.6 Å².